The van der Waals surface area contributed by atoms with Crippen molar-refractivity contribution >= 4 is 11.6 Å². The van der Waals surface area contributed by atoms with Gasteiger partial charge in [0.15, 0.2) is 0 Å². The van der Waals surface area contributed by atoms with E-state index in [0.717, 1.165) is 5.69 Å². The molecule has 0 amide bonds. The maximum absolute atomic E-state index is 14.0. The number of hydrogen-bond donors (Lipinski definition) is 1. The van der Waals surface area contributed by atoms with Gasteiger partial charge in [0.1, 0.15) is 5.82 Å². The molecular weight excluding hydrogens is 265 g/mol. The van der Waals surface area contributed by atoms with Crippen LogP contribution in [0.3, 0.4) is 0 Å². The van der Waals surface area contributed by atoms with E-state index in [1.54, 1.807) is 29.2 Å². The average Bonchev–Trinajstić information content (AvgIpc) is 2.78. The number of benzene rings is 1. The SMILES string of the molecule is CC(C)C(CN)c1cncn1-c1ccc(Cl)cc1F. The molecule has 0 aliphatic carbocycles. The van der Waals surface area contributed by atoms with Crippen molar-refractivity contribution < 1.29 is 4.39 Å². The van der Waals surface area contributed by atoms with Gasteiger partial charge in [-0.1, -0.05) is 25.4 Å². The molecule has 2 N–H and O–H groups in total. The van der Waals surface area contributed by atoms with Gasteiger partial charge in [0, 0.05) is 29.4 Å². The number of halogens is 2. The van der Waals surface area contributed by atoms with E-state index in [2.05, 4.69) is 18.8 Å². The van der Waals surface area contributed by atoms with E-state index >= 15 is 0 Å². The monoisotopic (exact) mass is 281 g/mol. The second-order valence-corrected chi connectivity index (χ2v) is 5.31. The summed E-state index contributed by atoms with van der Waals surface area (Å²) in [5, 5.41) is 0.377. The molecule has 1 atom stereocenters. The minimum absolute atomic E-state index is 0.137. The molecule has 102 valence electrons. The Balaban J connectivity index is 2.49. The van der Waals surface area contributed by atoms with Crippen LogP contribution < -0.4 is 5.73 Å². The van der Waals surface area contributed by atoms with Crippen LogP contribution in [-0.2, 0) is 0 Å². The van der Waals surface area contributed by atoms with E-state index < -0.39 is 0 Å². The molecule has 0 fully saturated rings. The zero-order valence-electron chi connectivity index (χ0n) is 11.0. The van der Waals surface area contributed by atoms with Crippen LogP contribution in [0, 0.1) is 11.7 Å². The van der Waals surface area contributed by atoms with Crippen molar-refractivity contribution in [2.45, 2.75) is 19.8 Å². The summed E-state index contributed by atoms with van der Waals surface area (Å²) in [7, 11) is 0. The van der Waals surface area contributed by atoms with Gasteiger partial charge in [-0.3, -0.25) is 0 Å². The predicted octanol–water partition coefficient (Wildman–Crippen LogP) is 3.36. The molecule has 19 heavy (non-hydrogen) atoms. The summed E-state index contributed by atoms with van der Waals surface area (Å²) in [6.07, 6.45) is 3.35. The third kappa shape index (κ3) is 2.80. The van der Waals surface area contributed by atoms with Crippen molar-refractivity contribution in [1.29, 1.82) is 0 Å². The molecule has 0 saturated heterocycles. The Morgan fingerprint density at radius 1 is 1.42 bits per heavy atom. The van der Waals surface area contributed by atoms with Crippen LogP contribution in [-0.4, -0.2) is 16.1 Å². The van der Waals surface area contributed by atoms with Gasteiger partial charge in [-0.05, 0) is 24.1 Å². The van der Waals surface area contributed by atoms with Gasteiger partial charge >= 0.3 is 0 Å². The summed E-state index contributed by atoms with van der Waals surface area (Å²) in [6, 6.07) is 4.61. The molecule has 2 aromatic rings. The molecule has 3 nitrogen and oxygen atoms in total. The van der Waals surface area contributed by atoms with Crippen LogP contribution >= 0.6 is 11.6 Å². The largest absolute Gasteiger partial charge is 0.330 e. The van der Waals surface area contributed by atoms with Gasteiger partial charge < -0.3 is 10.3 Å². The molecule has 0 aliphatic rings. The minimum Gasteiger partial charge on any atom is -0.330 e. The predicted molar refractivity (Wildman–Crippen MR) is 75.2 cm³/mol. The highest BCUT2D eigenvalue weighted by molar-refractivity contribution is 6.30. The molecule has 1 heterocycles. The third-order valence-corrected chi connectivity index (χ3v) is 3.51. The smallest absolute Gasteiger partial charge is 0.148 e. The topological polar surface area (TPSA) is 43.8 Å². The average molecular weight is 282 g/mol. The number of hydrogen-bond acceptors (Lipinski definition) is 2. The zero-order valence-corrected chi connectivity index (χ0v) is 11.7. The first-order valence-electron chi connectivity index (χ1n) is 6.22. The standard InChI is InChI=1S/C14H17ClFN3/c1-9(2)11(6-17)14-7-18-8-19(14)13-4-3-10(15)5-12(13)16/h3-5,7-9,11H,6,17H2,1-2H3. The van der Waals surface area contributed by atoms with Crippen LogP contribution in [0.5, 0.6) is 0 Å². The molecule has 1 unspecified atom stereocenters. The Hall–Kier alpha value is -1.39. The van der Waals surface area contributed by atoms with Crippen LogP contribution in [0.15, 0.2) is 30.7 Å². The van der Waals surface area contributed by atoms with Gasteiger partial charge in [0.05, 0.1) is 12.0 Å². The number of imidazole rings is 1. The zero-order chi connectivity index (χ0) is 14.0. The molecular formula is C14H17ClFN3. The maximum Gasteiger partial charge on any atom is 0.148 e. The molecule has 0 bridgehead atoms. The highest BCUT2D eigenvalue weighted by atomic mass is 35.5. The lowest BCUT2D eigenvalue weighted by Gasteiger charge is -2.20. The van der Waals surface area contributed by atoms with Crippen molar-refractivity contribution in [3.05, 3.63) is 47.3 Å². The Morgan fingerprint density at radius 3 is 2.74 bits per heavy atom. The van der Waals surface area contributed by atoms with Crippen molar-refractivity contribution in [1.82, 2.24) is 9.55 Å². The summed E-state index contributed by atoms with van der Waals surface area (Å²) >= 11 is 5.77. The summed E-state index contributed by atoms with van der Waals surface area (Å²) in [6.45, 7) is 4.68. The molecule has 0 aliphatic heterocycles. The van der Waals surface area contributed by atoms with Crippen molar-refractivity contribution in [3.8, 4) is 5.69 Å². The summed E-state index contributed by atoms with van der Waals surface area (Å²) in [5.74, 6) is 0.125. The Bertz CT molecular complexity index is 566. The first-order chi connectivity index (χ1) is 9.04. The Morgan fingerprint density at radius 2 is 2.16 bits per heavy atom. The van der Waals surface area contributed by atoms with E-state index in [-0.39, 0.29) is 11.7 Å². The highest BCUT2D eigenvalue weighted by Gasteiger charge is 2.20. The quantitative estimate of drug-likeness (QED) is 0.934. The normalized spacial score (nSPS) is 12.9. The fourth-order valence-corrected chi connectivity index (χ4v) is 2.35. The molecule has 0 spiro atoms. The fraction of sp³-hybridized carbons (Fsp3) is 0.357. The first kappa shape index (κ1) is 14.0. The number of nitrogens with two attached hydrogens (primary N) is 1. The Kier molecular flexibility index (Phi) is 4.22. The summed E-state index contributed by atoms with van der Waals surface area (Å²) < 4.78 is 15.7. The van der Waals surface area contributed by atoms with Gasteiger partial charge in [0.2, 0.25) is 0 Å². The van der Waals surface area contributed by atoms with E-state index in [1.165, 1.54) is 6.07 Å². The lowest BCUT2D eigenvalue weighted by Crippen LogP contribution is -2.20. The summed E-state index contributed by atoms with van der Waals surface area (Å²) in [5.41, 5.74) is 7.17. The van der Waals surface area contributed by atoms with Gasteiger partial charge in [-0.25, -0.2) is 9.37 Å². The maximum atomic E-state index is 14.0. The summed E-state index contributed by atoms with van der Waals surface area (Å²) in [4.78, 5) is 4.12. The highest BCUT2D eigenvalue weighted by Crippen LogP contribution is 2.27. The molecule has 5 heteroatoms. The second kappa shape index (κ2) is 5.72. The van der Waals surface area contributed by atoms with E-state index in [9.17, 15) is 4.39 Å². The van der Waals surface area contributed by atoms with Crippen LogP contribution in [0.2, 0.25) is 5.02 Å². The molecule has 1 aromatic carbocycles. The molecule has 0 saturated carbocycles. The van der Waals surface area contributed by atoms with Gasteiger partial charge in [-0.2, -0.15) is 0 Å². The molecule has 1 aromatic heterocycles. The van der Waals surface area contributed by atoms with Crippen LogP contribution in [0.25, 0.3) is 5.69 Å². The van der Waals surface area contributed by atoms with Crippen LogP contribution in [0.1, 0.15) is 25.5 Å². The lowest BCUT2D eigenvalue weighted by molar-refractivity contribution is 0.487. The third-order valence-electron chi connectivity index (χ3n) is 3.27. The number of nitrogens with zero attached hydrogens (tertiary/aromatic N) is 2. The Labute approximate surface area is 117 Å². The van der Waals surface area contributed by atoms with E-state index in [1.807, 2.05) is 0 Å². The van der Waals surface area contributed by atoms with Crippen molar-refractivity contribution in [3.63, 3.8) is 0 Å². The second-order valence-electron chi connectivity index (χ2n) is 4.87. The van der Waals surface area contributed by atoms with Gasteiger partial charge in [-0.15, -0.1) is 0 Å². The minimum atomic E-state index is -0.369. The van der Waals surface area contributed by atoms with E-state index in [0.29, 0.717) is 23.2 Å². The first-order valence-corrected chi connectivity index (χ1v) is 6.60. The number of aromatic nitrogens is 2. The van der Waals surface area contributed by atoms with Crippen molar-refractivity contribution in [2.75, 3.05) is 6.54 Å². The fourth-order valence-electron chi connectivity index (χ4n) is 2.19. The molecule has 0 radical (unpaired) electrons. The molecule has 2 rings (SSSR count). The van der Waals surface area contributed by atoms with E-state index in [4.69, 9.17) is 17.3 Å². The number of rotatable bonds is 4. The van der Waals surface area contributed by atoms with Crippen molar-refractivity contribution in [2.24, 2.45) is 11.7 Å². The lowest BCUT2D eigenvalue weighted by atomic mass is 9.93. The van der Waals surface area contributed by atoms with Gasteiger partial charge in [0.25, 0.3) is 0 Å². The van der Waals surface area contributed by atoms with Crippen LogP contribution in [0.4, 0.5) is 4.39 Å².